The van der Waals surface area contributed by atoms with E-state index in [1.807, 2.05) is 37.3 Å². The molecular formula is C25H27F3O. The molecule has 0 atom stereocenters. The molecule has 3 rings (SSSR count). The van der Waals surface area contributed by atoms with Crippen molar-refractivity contribution in [2.24, 2.45) is 5.92 Å². The highest BCUT2D eigenvalue weighted by Gasteiger charge is 2.25. The number of ether oxygens (including phenoxy) is 1. The van der Waals surface area contributed by atoms with E-state index in [0.29, 0.717) is 23.7 Å². The van der Waals surface area contributed by atoms with Gasteiger partial charge in [0.2, 0.25) is 5.82 Å². The minimum Gasteiger partial charge on any atom is -0.491 e. The van der Waals surface area contributed by atoms with Gasteiger partial charge in [-0.05, 0) is 74.6 Å². The van der Waals surface area contributed by atoms with Crippen LogP contribution in [-0.2, 0) is 0 Å². The van der Waals surface area contributed by atoms with Crippen LogP contribution in [0.5, 0.6) is 5.75 Å². The van der Waals surface area contributed by atoms with Crippen LogP contribution in [0.15, 0.2) is 42.5 Å². The lowest BCUT2D eigenvalue weighted by Crippen LogP contribution is -2.14. The first-order chi connectivity index (χ1) is 14.0. The van der Waals surface area contributed by atoms with E-state index in [0.717, 1.165) is 31.2 Å². The van der Waals surface area contributed by atoms with Crippen molar-refractivity contribution >= 4 is 12.2 Å². The normalized spacial score (nSPS) is 19.9. The maximum atomic E-state index is 14.5. The van der Waals surface area contributed by atoms with E-state index in [1.54, 1.807) is 19.1 Å². The summed E-state index contributed by atoms with van der Waals surface area (Å²) < 4.78 is 47.9. The van der Waals surface area contributed by atoms with Crippen LogP contribution >= 0.6 is 0 Å². The average Bonchev–Trinajstić information content (AvgIpc) is 2.72. The number of hydrogen-bond acceptors (Lipinski definition) is 1. The Morgan fingerprint density at radius 1 is 0.966 bits per heavy atom. The second kappa shape index (κ2) is 9.82. The molecule has 0 unspecified atom stereocenters. The molecule has 29 heavy (non-hydrogen) atoms. The Balaban J connectivity index is 1.62. The summed E-state index contributed by atoms with van der Waals surface area (Å²) in [6.45, 7) is 3.93. The number of benzene rings is 2. The van der Waals surface area contributed by atoms with Gasteiger partial charge in [-0.1, -0.05) is 42.5 Å². The van der Waals surface area contributed by atoms with Gasteiger partial charge in [-0.2, -0.15) is 4.39 Å². The van der Waals surface area contributed by atoms with Crippen molar-refractivity contribution in [3.05, 3.63) is 76.6 Å². The standard InChI is InChI=1S/C25H27F3O/c1-3-5-18-9-13-20(22(26)16-18)12-8-17-6-10-19(11-7-17)21-14-15-23(29-4-2)25(28)24(21)27/h3,5,8-9,12-17,19H,4,6-7,10-11H2,1-2H3. The maximum absolute atomic E-state index is 14.5. The Morgan fingerprint density at radius 3 is 2.38 bits per heavy atom. The molecule has 4 heteroatoms. The van der Waals surface area contributed by atoms with E-state index >= 15 is 0 Å². The van der Waals surface area contributed by atoms with Crippen LogP contribution in [-0.4, -0.2) is 6.61 Å². The molecule has 0 aliphatic heterocycles. The molecule has 1 aliphatic rings. The van der Waals surface area contributed by atoms with Crippen LogP contribution in [0.3, 0.4) is 0 Å². The molecule has 1 fully saturated rings. The topological polar surface area (TPSA) is 9.23 Å². The zero-order valence-electron chi connectivity index (χ0n) is 16.9. The van der Waals surface area contributed by atoms with Crippen LogP contribution in [0.1, 0.15) is 62.1 Å². The predicted octanol–water partition coefficient (Wildman–Crippen LogP) is 7.52. The quantitative estimate of drug-likeness (QED) is 0.487. The fourth-order valence-corrected chi connectivity index (χ4v) is 3.97. The summed E-state index contributed by atoms with van der Waals surface area (Å²) in [6.07, 6.45) is 10.9. The summed E-state index contributed by atoms with van der Waals surface area (Å²) in [5.74, 6) is -1.65. The second-order valence-corrected chi connectivity index (χ2v) is 7.47. The summed E-state index contributed by atoms with van der Waals surface area (Å²) in [7, 11) is 0. The first-order valence-corrected chi connectivity index (χ1v) is 10.2. The SMILES string of the molecule is CC=Cc1ccc(C=CC2CCC(c3ccc(OCC)c(F)c3F)CC2)c(F)c1. The van der Waals surface area contributed by atoms with Gasteiger partial charge in [-0.15, -0.1) is 0 Å². The summed E-state index contributed by atoms with van der Waals surface area (Å²) >= 11 is 0. The van der Waals surface area contributed by atoms with E-state index in [-0.39, 0.29) is 17.5 Å². The van der Waals surface area contributed by atoms with Gasteiger partial charge < -0.3 is 4.74 Å². The molecule has 2 aromatic carbocycles. The van der Waals surface area contributed by atoms with Crippen molar-refractivity contribution in [3.63, 3.8) is 0 Å². The molecule has 0 spiro atoms. The summed E-state index contributed by atoms with van der Waals surface area (Å²) in [5, 5.41) is 0. The van der Waals surface area contributed by atoms with Gasteiger partial charge in [0.25, 0.3) is 0 Å². The van der Waals surface area contributed by atoms with Crippen LogP contribution < -0.4 is 4.74 Å². The minimum atomic E-state index is -0.900. The Hall–Kier alpha value is -2.49. The number of halogens is 3. The fourth-order valence-electron chi connectivity index (χ4n) is 3.97. The lowest BCUT2D eigenvalue weighted by Gasteiger charge is -2.27. The molecule has 0 aromatic heterocycles. The smallest absolute Gasteiger partial charge is 0.200 e. The van der Waals surface area contributed by atoms with Gasteiger partial charge in [0.05, 0.1) is 6.61 Å². The predicted molar refractivity (Wildman–Crippen MR) is 112 cm³/mol. The Kier molecular flexibility index (Phi) is 7.18. The molecule has 2 aromatic rings. The fraction of sp³-hybridized carbons (Fsp3) is 0.360. The highest BCUT2D eigenvalue weighted by atomic mass is 19.2. The van der Waals surface area contributed by atoms with Crippen molar-refractivity contribution in [2.45, 2.75) is 45.4 Å². The molecule has 1 saturated carbocycles. The molecular weight excluding hydrogens is 373 g/mol. The maximum Gasteiger partial charge on any atom is 0.200 e. The molecule has 1 aliphatic carbocycles. The number of hydrogen-bond donors (Lipinski definition) is 0. The minimum absolute atomic E-state index is 0.00155. The summed E-state index contributed by atoms with van der Waals surface area (Å²) in [6, 6.07) is 8.36. The molecule has 154 valence electrons. The molecule has 0 amide bonds. The van der Waals surface area contributed by atoms with Crippen molar-refractivity contribution < 1.29 is 17.9 Å². The molecule has 0 radical (unpaired) electrons. The molecule has 0 N–H and O–H groups in total. The van der Waals surface area contributed by atoms with Gasteiger partial charge in [0, 0.05) is 5.56 Å². The van der Waals surface area contributed by atoms with Crippen LogP contribution in [0, 0.1) is 23.4 Å². The molecule has 1 nitrogen and oxygen atoms in total. The average molecular weight is 400 g/mol. The summed E-state index contributed by atoms with van der Waals surface area (Å²) in [4.78, 5) is 0. The number of allylic oxidation sites excluding steroid dienone is 2. The van der Waals surface area contributed by atoms with E-state index in [2.05, 4.69) is 0 Å². The van der Waals surface area contributed by atoms with Gasteiger partial charge in [-0.3, -0.25) is 0 Å². The Bertz CT molecular complexity index is 893. The zero-order chi connectivity index (χ0) is 20.8. The largest absolute Gasteiger partial charge is 0.491 e. The third kappa shape index (κ3) is 5.11. The zero-order valence-corrected chi connectivity index (χ0v) is 16.9. The van der Waals surface area contributed by atoms with E-state index < -0.39 is 11.6 Å². The van der Waals surface area contributed by atoms with E-state index in [1.165, 1.54) is 12.1 Å². The van der Waals surface area contributed by atoms with Crippen molar-refractivity contribution in [1.29, 1.82) is 0 Å². The molecule has 0 saturated heterocycles. The van der Waals surface area contributed by atoms with Crippen LogP contribution in [0.2, 0.25) is 0 Å². The van der Waals surface area contributed by atoms with Gasteiger partial charge >= 0.3 is 0 Å². The second-order valence-electron chi connectivity index (χ2n) is 7.47. The van der Waals surface area contributed by atoms with Gasteiger partial charge in [-0.25, -0.2) is 8.78 Å². The third-order valence-electron chi connectivity index (χ3n) is 5.52. The molecule has 0 bridgehead atoms. The van der Waals surface area contributed by atoms with Crippen LogP contribution in [0.4, 0.5) is 13.2 Å². The third-order valence-corrected chi connectivity index (χ3v) is 5.52. The highest BCUT2D eigenvalue weighted by Crippen LogP contribution is 2.39. The van der Waals surface area contributed by atoms with Crippen molar-refractivity contribution in [2.75, 3.05) is 6.61 Å². The van der Waals surface area contributed by atoms with Crippen molar-refractivity contribution in [1.82, 2.24) is 0 Å². The first kappa shape index (κ1) is 21.2. The van der Waals surface area contributed by atoms with Gasteiger partial charge in [0.1, 0.15) is 5.82 Å². The monoisotopic (exact) mass is 400 g/mol. The first-order valence-electron chi connectivity index (χ1n) is 10.2. The Morgan fingerprint density at radius 2 is 1.72 bits per heavy atom. The Labute approximate surface area is 170 Å². The lowest BCUT2D eigenvalue weighted by molar-refractivity contribution is 0.310. The molecule has 0 heterocycles. The van der Waals surface area contributed by atoms with Crippen molar-refractivity contribution in [3.8, 4) is 5.75 Å². The lowest BCUT2D eigenvalue weighted by atomic mass is 9.78. The van der Waals surface area contributed by atoms with E-state index in [4.69, 9.17) is 4.74 Å². The highest BCUT2D eigenvalue weighted by molar-refractivity contribution is 5.56. The summed E-state index contributed by atoms with van der Waals surface area (Å²) in [5.41, 5.74) is 1.84. The number of rotatable bonds is 6. The van der Waals surface area contributed by atoms with E-state index in [9.17, 15) is 13.2 Å². The van der Waals surface area contributed by atoms with Gasteiger partial charge in [0.15, 0.2) is 11.6 Å². The van der Waals surface area contributed by atoms with Crippen LogP contribution in [0.25, 0.3) is 12.2 Å².